The fourth-order valence-electron chi connectivity index (χ4n) is 3.75. The number of aryl methyl sites for hydroxylation is 1. The van der Waals surface area contributed by atoms with Gasteiger partial charge in [0.25, 0.3) is 5.91 Å². The van der Waals surface area contributed by atoms with E-state index in [2.05, 4.69) is 5.32 Å². The smallest absolute Gasteiger partial charge is 0.261 e. The first kappa shape index (κ1) is 22.8. The van der Waals surface area contributed by atoms with Gasteiger partial charge in [0, 0.05) is 29.9 Å². The van der Waals surface area contributed by atoms with Crippen molar-refractivity contribution in [3.63, 3.8) is 0 Å². The number of ether oxygens (including phenoxy) is 1. The van der Waals surface area contributed by atoms with Crippen LogP contribution in [0.2, 0.25) is 0 Å². The highest BCUT2D eigenvalue weighted by Crippen LogP contribution is 2.39. The zero-order chi connectivity index (χ0) is 22.9. The van der Waals surface area contributed by atoms with Gasteiger partial charge in [-0.3, -0.25) is 4.79 Å². The van der Waals surface area contributed by atoms with Gasteiger partial charge in [-0.15, -0.1) is 11.3 Å². The molecule has 1 aliphatic rings. The Balaban J connectivity index is 1.70. The molecule has 1 atom stereocenters. The summed E-state index contributed by atoms with van der Waals surface area (Å²) in [5.74, 6) is -0.805. The van der Waals surface area contributed by atoms with Crippen molar-refractivity contribution in [2.75, 3.05) is 32.8 Å². The Kier molecular flexibility index (Phi) is 6.59. The molecule has 1 fully saturated rings. The van der Waals surface area contributed by atoms with Gasteiger partial charge in [-0.2, -0.15) is 4.31 Å². The minimum Gasteiger partial charge on any atom is -0.395 e. The Labute approximate surface area is 189 Å². The van der Waals surface area contributed by atoms with Crippen LogP contribution in [-0.2, 0) is 14.8 Å². The van der Waals surface area contributed by atoms with Crippen LogP contribution in [0.5, 0.6) is 0 Å². The number of rotatable bonds is 6. The summed E-state index contributed by atoms with van der Waals surface area (Å²) in [6.45, 7) is 1.79. The number of carbonyl (C=O) groups excluding carboxylic acids is 1. The molecule has 0 radical (unpaired) electrons. The first-order valence-corrected chi connectivity index (χ1v) is 12.4. The summed E-state index contributed by atoms with van der Waals surface area (Å²) in [4.78, 5) is 13.2. The van der Waals surface area contributed by atoms with Crippen molar-refractivity contribution in [2.24, 2.45) is 0 Å². The summed E-state index contributed by atoms with van der Waals surface area (Å²) in [5.41, 5.74) is 0.888. The molecule has 2 heterocycles. The summed E-state index contributed by atoms with van der Waals surface area (Å²) < 4.78 is 48.3. The average molecular weight is 479 g/mol. The van der Waals surface area contributed by atoms with E-state index in [0.29, 0.717) is 10.4 Å². The molecular weight excluding hydrogens is 455 g/mol. The van der Waals surface area contributed by atoms with Crippen LogP contribution < -0.4 is 5.32 Å². The van der Waals surface area contributed by atoms with Crippen molar-refractivity contribution in [1.29, 1.82) is 0 Å². The van der Waals surface area contributed by atoms with Crippen molar-refractivity contribution in [3.8, 4) is 0 Å². The first-order chi connectivity index (χ1) is 15.3. The number of thiophene rings is 1. The molecule has 2 aromatic carbocycles. The zero-order valence-corrected chi connectivity index (χ0v) is 19.0. The fraction of sp³-hybridized carbons (Fsp3) is 0.318. The molecule has 32 heavy (non-hydrogen) atoms. The lowest BCUT2D eigenvalue weighted by Gasteiger charge is -2.32. The summed E-state index contributed by atoms with van der Waals surface area (Å²) in [6, 6.07) is 11.2. The number of sulfonamides is 1. The SMILES string of the molecule is Cc1cc(S(=O)(=O)N2CCO[C@H](c3c(C(=O)NCCO)sc4ccccc34)C2)ccc1F. The monoisotopic (exact) mass is 478 g/mol. The van der Waals surface area contributed by atoms with Gasteiger partial charge < -0.3 is 15.2 Å². The van der Waals surface area contributed by atoms with E-state index in [9.17, 15) is 17.6 Å². The molecule has 0 saturated carbocycles. The molecule has 0 spiro atoms. The molecule has 170 valence electrons. The zero-order valence-electron chi connectivity index (χ0n) is 17.4. The maximum atomic E-state index is 13.7. The number of nitrogens with one attached hydrogen (secondary N) is 1. The third kappa shape index (κ3) is 4.28. The van der Waals surface area contributed by atoms with Crippen LogP contribution in [0.15, 0.2) is 47.4 Å². The summed E-state index contributed by atoms with van der Waals surface area (Å²) in [6.07, 6.45) is -0.647. The van der Waals surface area contributed by atoms with Gasteiger partial charge in [-0.25, -0.2) is 12.8 Å². The number of nitrogens with zero attached hydrogens (tertiary/aromatic N) is 1. The van der Waals surface area contributed by atoms with Gasteiger partial charge in [0.15, 0.2) is 0 Å². The van der Waals surface area contributed by atoms with Gasteiger partial charge in [-0.1, -0.05) is 18.2 Å². The van der Waals surface area contributed by atoms with Gasteiger partial charge in [0.1, 0.15) is 5.82 Å². The van der Waals surface area contributed by atoms with Gasteiger partial charge in [0.2, 0.25) is 10.0 Å². The van der Waals surface area contributed by atoms with Crippen LogP contribution in [0, 0.1) is 12.7 Å². The molecule has 0 unspecified atom stereocenters. The lowest BCUT2D eigenvalue weighted by atomic mass is 10.0. The highest BCUT2D eigenvalue weighted by atomic mass is 32.2. The molecule has 0 aliphatic carbocycles. The molecule has 1 amide bonds. The standard InChI is InChI=1S/C22H23FN2O5S2/c1-14-12-15(6-7-17(14)23)32(28,29)25-9-11-30-18(13-25)20-16-4-2-3-5-19(16)31-21(20)22(27)24-8-10-26/h2-7,12,18,26H,8-11,13H2,1H3,(H,24,27)/t18-/m0/s1. The van der Waals surface area contributed by atoms with E-state index in [1.807, 2.05) is 24.3 Å². The van der Waals surface area contributed by atoms with E-state index in [-0.39, 0.29) is 49.2 Å². The van der Waals surface area contributed by atoms with Crippen molar-refractivity contribution in [2.45, 2.75) is 17.9 Å². The van der Waals surface area contributed by atoms with E-state index < -0.39 is 21.9 Å². The molecule has 10 heteroatoms. The highest BCUT2D eigenvalue weighted by molar-refractivity contribution is 7.89. The Morgan fingerprint density at radius 1 is 1.31 bits per heavy atom. The van der Waals surface area contributed by atoms with Crippen LogP contribution >= 0.6 is 11.3 Å². The molecule has 1 aromatic heterocycles. The van der Waals surface area contributed by atoms with Gasteiger partial charge >= 0.3 is 0 Å². The largest absolute Gasteiger partial charge is 0.395 e. The number of aliphatic hydroxyl groups is 1. The van der Waals surface area contributed by atoms with E-state index in [4.69, 9.17) is 9.84 Å². The first-order valence-electron chi connectivity index (χ1n) is 10.1. The van der Waals surface area contributed by atoms with E-state index >= 15 is 0 Å². The van der Waals surface area contributed by atoms with Gasteiger partial charge in [-0.05, 0) is 42.1 Å². The highest BCUT2D eigenvalue weighted by Gasteiger charge is 2.35. The minimum absolute atomic E-state index is 0.0214. The van der Waals surface area contributed by atoms with Crippen molar-refractivity contribution in [3.05, 3.63) is 64.3 Å². The number of morpholine rings is 1. The van der Waals surface area contributed by atoms with E-state index in [1.165, 1.54) is 34.7 Å². The normalized spacial score (nSPS) is 17.5. The molecule has 2 N–H and O–H groups in total. The van der Waals surface area contributed by atoms with Crippen LogP contribution in [0.25, 0.3) is 10.1 Å². The minimum atomic E-state index is -3.87. The Morgan fingerprint density at radius 2 is 2.09 bits per heavy atom. The Bertz CT molecular complexity index is 1260. The lowest BCUT2D eigenvalue weighted by molar-refractivity contribution is -0.00192. The third-order valence-corrected chi connectivity index (χ3v) is 8.40. The second-order valence-electron chi connectivity index (χ2n) is 7.45. The third-order valence-electron chi connectivity index (χ3n) is 5.36. The summed E-state index contributed by atoms with van der Waals surface area (Å²) in [7, 11) is -3.87. The summed E-state index contributed by atoms with van der Waals surface area (Å²) in [5, 5.41) is 12.5. The quantitative estimate of drug-likeness (QED) is 0.568. The topological polar surface area (TPSA) is 95.9 Å². The number of hydrogen-bond acceptors (Lipinski definition) is 6. The molecule has 3 aromatic rings. The van der Waals surface area contributed by atoms with Gasteiger partial charge in [0.05, 0.1) is 29.1 Å². The molecule has 1 aliphatic heterocycles. The predicted octanol–water partition coefficient (Wildman–Crippen LogP) is 2.83. The molecular formula is C22H23FN2O5S2. The second kappa shape index (κ2) is 9.24. The molecule has 1 saturated heterocycles. The Morgan fingerprint density at radius 3 is 2.84 bits per heavy atom. The second-order valence-corrected chi connectivity index (χ2v) is 10.4. The number of halogens is 1. The number of hydrogen-bond donors (Lipinski definition) is 2. The summed E-state index contributed by atoms with van der Waals surface area (Å²) >= 11 is 1.30. The number of fused-ring (bicyclic) bond motifs is 1. The van der Waals surface area contributed by atoms with Crippen molar-refractivity contribution in [1.82, 2.24) is 9.62 Å². The molecule has 7 nitrogen and oxygen atoms in total. The fourth-order valence-corrected chi connectivity index (χ4v) is 6.43. The number of amides is 1. The molecule has 0 bridgehead atoms. The maximum absolute atomic E-state index is 13.7. The van der Waals surface area contributed by atoms with Crippen molar-refractivity contribution >= 4 is 37.4 Å². The van der Waals surface area contributed by atoms with Crippen molar-refractivity contribution < 1.29 is 27.4 Å². The Hall–Kier alpha value is -2.37. The van der Waals surface area contributed by atoms with E-state index in [1.54, 1.807) is 0 Å². The van der Waals surface area contributed by atoms with Crippen LogP contribution in [0.1, 0.15) is 26.9 Å². The number of benzene rings is 2. The lowest BCUT2D eigenvalue weighted by Crippen LogP contribution is -2.42. The molecule has 4 rings (SSSR count). The number of aliphatic hydroxyl groups excluding tert-OH is 1. The average Bonchev–Trinajstić information content (AvgIpc) is 3.19. The number of carbonyl (C=O) groups is 1. The van der Waals surface area contributed by atoms with Crippen LogP contribution in [0.3, 0.4) is 0 Å². The predicted molar refractivity (Wildman–Crippen MR) is 120 cm³/mol. The van der Waals surface area contributed by atoms with Crippen LogP contribution in [0.4, 0.5) is 4.39 Å². The van der Waals surface area contributed by atoms with E-state index in [0.717, 1.165) is 16.2 Å². The maximum Gasteiger partial charge on any atom is 0.261 e. The van der Waals surface area contributed by atoms with Crippen LogP contribution in [-0.4, -0.2) is 56.6 Å².